The number of aliphatic hydroxyl groups is 1. The summed E-state index contributed by atoms with van der Waals surface area (Å²) in [6, 6.07) is 12.6. The summed E-state index contributed by atoms with van der Waals surface area (Å²) in [4.78, 5) is 0. The molecular weight excluding hydrogens is 340 g/mol. The van der Waals surface area contributed by atoms with Crippen LogP contribution in [0.2, 0.25) is 5.02 Å². The summed E-state index contributed by atoms with van der Waals surface area (Å²) in [6.07, 6.45) is 0.380. The number of benzene rings is 2. The molecule has 0 saturated carbocycles. The van der Waals surface area contributed by atoms with Gasteiger partial charge in [0.05, 0.1) is 18.3 Å². The molecule has 1 aliphatic rings. The van der Waals surface area contributed by atoms with Gasteiger partial charge in [-0.25, -0.2) is 0 Å². The van der Waals surface area contributed by atoms with Crippen LogP contribution in [0.1, 0.15) is 48.7 Å². The molecule has 1 aliphatic heterocycles. The van der Waals surface area contributed by atoms with Gasteiger partial charge in [-0.05, 0) is 48.7 Å². The van der Waals surface area contributed by atoms with Crippen LogP contribution in [0.5, 0.6) is 5.75 Å². The fourth-order valence-corrected chi connectivity index (χ4v) is 3.60. The maximum atomic E-state index is 10.0. The van der Waals surface area contributed by atoms with E-state index in [-0.39, 0.29) is 30.2 Å². The predicted octanol–water partition coefficient (Wildman–Crippen LogP) is 4.38. The summed E-state index contributed by atoms with van der Waals surface area (Å²) >= 11 is 6.43. The second kappa shape index (κ2) is 7.75. The maximum absolute atomic E-state index is 10.0. The number of halogens is 1. The first-order chi connectivity index (χ1) is 12.0. The quantitative estimate of drug-likeness (QED) is 0.847. The molecule has 4 unspecified atom stereocenters. The van der Waals surface area contributed by atoms with Gasteiger partial charge in [-0.15, -0.1) is 0 Å². The van der Waals surface area contributed by atoms with Gasteiger partial charge in [-0.1, -0.05) is 29.8 Å². The molecule has 2 aromatic rings. The van der Waals surface area contributed by atoms with E-state index in [1.165, 1.54) is 0 Å². The van der Waals surface area contributed by atoms with Crippen LogP contribution in [0.15, 0.2) is 42.5 Å². The lowest BCUT2D eigenvalue weighted by Crippen LogP contribution is -2.29. The molecule has 1 fully saturated rings. The highest BCUT2D eigenvalue weighted by molar-refractivity contribution is 6.31. The van der Waals surface area contributed by atoms with E-state index in [4.69, 9.17) is 21.1 Å². The van der Waals surface area contributed by atoms with Gasteiger partial charge < -0.3 is 19.7 Å². The minimum atomic E-state index is -0.358. The first-order valence-electron chi connectivity index (χ1n) is 8.42. The fourth-order valence-electron chi connectivity index (χ4n) is 3.39. The lowest BCUT2D eigenvalue weighted by molar-refractivity contribution is -0.0895. The van der Waals surface area contributed by atoms with Gasteiger partial charge in [-0.2, -0.15) is 0 Å². The molecule has 3 rings (SSSR count). The summed E-state index contributed by atoms with van der Waals surface area (Å²) in [5.74, 6) is 0.206. The van der Waals surface area contributed by atoms with E-state index in [1.807, 2.05) is 37.3 Å². The van der Waals surface area contributed by atoms with E-state index < -0.39 is 0 Å². The van der Waals surface area contributed by atoms with Crippen LogP contribution in [0, 0.1) is 0 Å². The molecule has 25 heavy (non-hydrogen) atoms. The van der Waals surface area contributed by atoms with Gasteiger partial charge >= 0.3 is 0 Å². The highest BCUT2D eigenvalue weighted by atomic mass is 35.5. The molecule has 2 aromatic carbocycles. The molecule has 5 heteroatoms. The largest absolute Gasteiger partial charge is 0.508 e. The Labute approximate surface area is 153 Å². The summed E-state index contributed by atoms with van der Waals surface area (Å²) in [5.41, 5.74) is 2.71. The summed E-state index contributed by atoms with van der Waals surface area (Å²) in [7, 11) is 1.63. The van der Waals surface area contributed by atoms with Crippen molar-refractivity contribution in [3.05, 3.63) is 64.2 Å². The van der Waals surface area contributed by atoms with Crippen molar-refractivity contribution in [1.29, 1.82) is 0 Å². The van der Waals surface area contributed by atoms with E-state index in [1.54, 1.807) is 19.2 Å². The maximum Gasteiger partial charge on any atom is 0.115 e. The van der Waals surface area contributed by atoms with Crippen molar-refractivity contribution in [2.45, 2.75) is 44.2 Å². The summed E-state index contributed by atoms with van der Waals surface area (Å²) in [5, 5.41) is 20.1. The Balaban J connectivity index is 1.94. The number of aliphatic hydroxyl groups excluding tert-OH is 1. The van der Waals surface area contributed by atoms with Crippen molar-refractivity contribution in [3.63, 3.8) is 0 Å². The number of aromatic hydroxyl groups is 1. The number of ether oxygens (including phenoxy) is 2. The van der Waals surface area contributed by atoms with E-state index in [0.29, 0.717) is 17.9 Å². The third-order valence-corrected chi connectivity index (χ3v) is 4.94. The van der Waals surface area contributed by atoms with Crippen molar-refractivity contribution in [2.75, 3.05) is 7.11 Å². The zero-order valence-corrected chi connectivity index (χ0v) is 15.1. The van der Waals surface area contributed by atoms with Crippen LogP contribution >= 0.6 is 11.6 Å². The third-order valence-electron chi connectivity index (χ3n) is 4.59. The number of hydrogen-bond donors (Lipinski definition) is 2. The average Bonchev–Trinajstić information content (AvgIpc) is 2.58. The third kappa shape index (κ3) is 4.15. The highest BCUT2D eigenvalue weighted by Crippen LogP contribution is 2.37. The Hall–Kier alpha value is -1.59. The van der Waals surface area contributed by atoms with Gasteiger partial charge in [0.15, 0.2) is 0 Å². The van der Waals surface area contributed by atoms with Crippen LogP contribution in [-0.4, -0.2) is 29.5 Å². The van der Waals surface area contributed by atoms with Crippen molar-refractivity contribution in [3.8, 4) is 5.75 Å². The smallest absolute Gasteiger partial charge is 0.115 e. The van der Waals surface area contributed by atoms with Crippen molar-refractivity contribution < 1.29 is 19.7 Å². The van der Waals surface area contributed by atoms with Crippen molar-refractivity contribution in [1.82, 2.24) is 0 Å². The van der Waals surface area contributed by atoms with Crippen LogP contribution < -0.4 is 0 Å². The van der Waals surface area contributed by atoms with Crippen LogP contribution in [0.4, 0.5) is 0 Å². The summed E-state index contributed by atoms with van der Waals surface area (Å²) < 4.78 is 11.7. The Morgan fingerprint density at radius 1 is 1.16 bits per heavy atom. The van der Waals surface area contributed by atoms with Crippen LogP contribution in [0.3, 0.4) is 0 Å². The number of methoxy groups -OCH3 is 1. The SMILES string of the molecule is COC(c1ccc(O)cc1)c1cc(C2CC(O)CC(C)O2)ccc1Cl. The Morgan fingerprint density at radius 2 is 1.88 bits per heavy atom. The van der Waals surface area contributed by atoms with E-state index in [2.05, 4.69) is 0 Å². The average molecular weight is 363 g/mol. The Bertz CT molecular complexity index is 706. The highest BCUT2D eigenvalue weighted by Gasteiger charge is 2.28. The van der Waals surface area contributed by atoms with Crippen molar-refractivity contribution >= 4 is 11.6 Å². The Morgan fingerprint density at radius 3 is 2.52 bits per heavy atom. The Kier molecular flexibility index (Phi) is 5.64. The normalized spacial score (nSPS) is 24.9. The molecule has 4 atom stereocenters. The zero-order valence-electron chi connectivity index (χ0n) is 14.4. The molecule has 134 valence electrons. The second-order valence-corrected chi connectivity index (χ2v) is 6.96. The predicted molar refractivity (Wildman–Crippen MR) is 96.9 cm³/mol. The number of rotatable bonds is 4. The molecule has 0 aromatic heterocycles. The molecule has 0 radical (unpaired) electrons. The minimum absolute atomic E-state index is 0.0169. The number of hydrogen-bond acceptors (Lipinski definition) is 4. The van der Waals surface area contributed by atoms with Gasteiger partial charge in [0.1, 0.15) is 11.9 Å². The molecular formula is C20H23ClO4. The van der Waals surface area contributed by atoms with Crippen LogP contribution in [-0.2, 0) is 9.47 Å². The first kappa shape index (κ1) is 18.2. The lowest BCUT2D eigenvalue weighted by atomic mass is 9.93. The first-order valence-corrected chi connectivity index (χ1v) is 8.80. The molecule has 4 nitrogen and oxygen atoms in total. The number of phenolic OH excluding ortho intramolecular Hbond substituents is 1. The molecule has 2 N–H and O–H groups in total. The van der Waals surface area contributed by atoms with Gasteiger partial charge in [0, 0.05) is 24.1 Å². The molecule has 1 saturated heterocycles. The van der Waals surface area contributed by atoms with E-state index in [0.717, 1.165) is 16.7 Å². The molecule has 0 aliphatic carbocycles. The standard InChI is InChI=1S/C20H23ClO4/c1-12-9-16(23)11-19(25-12)14-5-8-18(21)17(10-14)20(24-2)13-3-6-15(22)7-4-13/h3-8,10,12,16,19-20,22-23H,9,11H2,1-2H3. The molecule has 0 spiro atoms. The lowest BCUT2D eigenvalue weighted by Gasteiger charge is -2.32. The minimum Gasteiger partial charge on any atom is -0.508 e. The fraction of sp³-hybridized carbons (Fsp3) is 0.400. The molecule has 1 heterocycles. The molecule has 0 amide bonds. The number of phenols is 1. The summed E-state index contributed by atoms with van der Waals surface area (Å²) in [6.45, 7) is 1.97. The van der Waals surface area contributed by atoms with Gasteiger partial charge in [0.2, 0.25) is 0 Å². The zero-order chi connectivity index (χ0) is 18.0. The van der Waals surface area contributed by atoms with Gasteiger partial charge in [-0.3, -0.25) is 0 Å². The molecule has 0 bridgehead atoms. The van der Waals surface area contributed by atoms with Crippen LogP contribution in [0.25, 0.3) is 0 Å². The van der Waals surface area contributed by atoms with Gasteiger partial charge in [0.25, 0.3) is 0 Å². The van der Waals surface area contributed by atoms with Crippen molar-refractivity contribution in [2.24, 2.45) is 0 Å². The monoisotopic (exact) mass is 362 g/mol. The second-order valence-electron chi connectivity index (χ2n) is 6.55. The van der Waals surface area contributed by atoms with E-state index >= 15 is 0 Å². The van der Waals surface area contributed by atoms with E-state index in [9.17, 15) is 10.2 Å². The topological polar surface area (TPSA) is 58.9 Å².